The summed E-state index contributed by atoms with van der Waals surface area (Å²) >= 11 is 0. The van der Waals surface area contributed by atoms with Gasteiger partial charge in [0, 0.05) is 29.4 Å². The Bertz CT molecular complexity index is 322. The molecule has 0 bridgehead atoms. The molecule has 76 valence electrons. The van der Waals surface area contributed by atoms with Crippen molar-refractivity contribution in [2.24, 2.45) is 5.73 Å². The summed E-state index contributed by atoms with van der Waals surface area (Å²) in [6.07, 6.45) is 1.95. The lowest BCUT2D eigenvalue weighted by molar-refractivity contribution is 0.0960. The van der Waals surface area contributed by atoms with Crippen molar-refractivity contribution in [3.05, 3.63) is 29.6 Å². The molecule has 0 fully saturated rings. The molecule has 0 aliphatic rings. The number of hydrogen-bond acceptors (Lipinski definition) is 3. The Morgan fingerprint density at radius 1 is 1.50 bits per heavy atom. The summed E-state index contributed by atoms with van der Waals surface area (Å²) in [5, 5.41) is 0. The number of rotatable bonds is 3. The summed E-state index contributed by atoms with van der Waals surface area (Å²) in [5.41, 5.74) is 6.85. The highest BCUT2D eigenvalue weighted by molar-refractivity contribution is 5.96. The first kappa shape index (κ1) is 10.9. The zero-order chi connectivity index (χ0) is 10.8. The number of pyridine rings is 1. The molecule has 1 aromatic rings. The van der Waals surface area contributed by atoms with Crippen LogP contribution in [0.15, 0.2) is 18.3 Å². The molecular formula is C11H16N2O. The molecule has 0 radical (unpaired) electrons. The Balaban J connectivity index is 2.76. The summed E-state index contributed by atoms with van der Waals surface area (Å²) in [4.78, 5) is 15.7. The number of nitrogens with zero attached hydrogens (tertiary/aromatic N) is 1. The second-order valence-electron chi connectivity index (χ2n) is 4.28. The standard InChI is InChI=1S/C11H16N2O/c1-8-4-5-9(7-13-8)10(14)6-11(2,3)12/h4-5,7H,6,12H2,1-3H3. The van der Waals surface area contributed by atoms with Gasteiger partial charge in [0.25, 0.3) is 0 Å². The number of Topliss-reactive ketones (excluding diaryl/α,β-unsaturated/α-hetero) is 1. The molecule has 0 saturated carbocycles. The molecule has 3 nitrogen and oxygen atoms in total. The second-order valence-corrected chi connectivity index (χ2v) is 4.28. The summed E-state index contributed by atoms with van der Waals surface area (Å²) in [6, 6.07) is 3.62. The summed E-state index contributed by atoms with van der Waals surface area (Å²) in [5.74, 6) is 0.0463. The first-order valence-electron chi connectivity index (χ1n) is 4.63. The Hall–Kier alpha value is -1.22. The van der Waals surface area contributed by atoms with Crippen LogP contribution in [0.25, 0.3) is 0 Å². The van der Waals surface area contributed by atoms with E-state index < -0.39 is 5.54 Å². The van der Waals surface area contributed by atoms with Gasteiger partial charge in [-0.15, -0.1) is 0 Å². The van der Waals surface area contributed by atoms with E-state index in [1.165, 1.54) is 0 Å². The minimum absolute atomic E-state index is 0.0463. The number of ketones is 1. The van der Waals surface area contributed by atoms with E-state index in [9.17, 15) is 4.79 Å². The Morgan fingerprint density at radius 3 is 2.57 bits per heavy atom. The highest BCUT2D eigenvalue weighted by atomic mass is 16.1. The average molecular weight is 192 g/mol. The Labute approximate surface area is 84.3 Å². The predicted molar refractivity (Wildman–Crippen MR) is 56.2 cm³/mol. The highest BCUT2D eigenvalue weighted by Gasteiger charge is 2.17. The fourth-order valence-corrected chi connectivity index (χ4v) is 1.15. The maximum absolute atomic E-state index is 11.7. The number of carbonyl (C=O) groups is 1. The zero-order valence-electron chi connectivity index (χ0n) is 8.87. The summed E-state index contributed by atoms with van der Waals surface area (Å²) < 4.78 is 0. The fourth-order valence-electron chi connectivity index (χ4n) is 1.15. The van der Waals surface area contributed by atoms with Gasteiger partial charge in [0.2, 0.25) is 0 Å². The zero-order valence-corrected chi connectivity index (χ0v) is 8.87. The van der Waals surface area contributed by atoms with Crippen LogP contribution in [0.5, 0.6) is 0 Å². The SMILES string of the molecule is Cc1ccc(C(=O)CC(C)(C)N)cn1. The summed E-state index contributed by atoms with van der Waals surface area (Å²) in [7, 11) is 0. The average Bonchev–Trinajstić information content (AvgIpc) is 2.02. The maximum atomic E-state index is 11.7. The molecule has 0 amide bonds. The number of aromatic nitrogens is 1. The van der Waals surface area contributed by atoms with Gasteiger partial charge in [-0.25, -0.2) is 0 Å². The lowest BCUT2D eigenvalue weighted by Crippen LogP contribution is -2.34. The molecule has 1 heterocycles. The predicted octanol–water partition coefficient (Wildman–Crippen LogP) is 1.70. The molecule has 1 aromatic heterocycles. The third kappa shape index (κ3) is 3.26. The van der Waals surface area contributed by atoms with Crippen LogP contribution in [-0.2, 0) is 0 Å². The topological polar surface area (TPSA) is 56.0 Å². The van der Waals surface area contributed by atoms with E-state index in [1.807, 2.05) is 26.8 Å². The van der Waals surface area contributed by atoms with Crippen molar-refractivity contribution in [3.63, 3.8) is 0 Å². The van der Waals surface area contributed by atoms with Crippen LogP contribution >= 0.6 is 0 Å². The third-order valence-electron chi connectivity index (χ3n) is 1.85. The van der Waals surface area contributed by atoms with Crippen molar-refractivity contribution >= 4 is 5.78 Å². The molecule has 0 aromatic carbocycles. The van der Waals surface area contributed by atoms with Gasteiger partial charge in [0.15, 0.2) is 5.78 Å². The number of carbonyl (C=O) groups excluding carboxylic acids is 1. The van der Waals surface area contributed by atoms with Crippen LogP contribution in [0.1, 0.15) is 36.3 Å². The highest BCUT2D eigenvalue weighted by Crippen LogP contribution is 2.10. The van der Waals surface area contributed by atoms with E-state index >= 15 is 0 Å². The van der Waals surface area contributed by atoms with Crippen LogP contribution in [-0.4, -0.2) is 16.3 Å². The smallest absolute Gasteiger partial charge is 0.166 e. The Kier molecular flexibility index (Phi) is 3.01. The van der Waals surface area contributed by atoms with Crippen molar-refractivity contribution in [3.8, 4) is 0 Å². The first-order valence-corrected chi connectivity index (χ1v) is 4.63. The maximum Gasteiger partial charge on any atom is 0.166 e. The fraction of sp³-hybridized carbons (Fsp3) is 0.455. The molecule has 1 rings (SSSR count). The molecule has 0 unspecified atom stereocenters. The van der Waals surface area contributed by atoms with E-state index in [2.05, 4.69) is 4.98 Å². The van der Waals surface area contributed by atoms with Crippen LogP contribution in [0.2, 0.25) is 0 Å². The molecule has 3 heteroatoms. The van der Waals surface area contributed by atoms with Crippen molar-refractivity contribution in [2.45, 2.75) is 32.7 Å². The third-order valence-corrected chi connectivity index (χ3v) is 1.85. The minimum Gasteiger partial charge on any atom is -0.325 e. The van der Waals surface area contributed by atoms with Crippen LogP contribution in [0.3, 0.4) is 0 Å². The van der Waals surface area contributed by atoms with Gasteiger partial charge in [-0.05, 0) is 32.9 Å². The van der Waals surface area contributed by atoms with E-state index in [0.717, 1.165) is 5.69 Å². The molecular weight excluding hydrogens is 176 g/mol. The number of hydrogen-bond donors (Lipinski definition) is 1. The van der Waals surface area contributed by atoms with Gasteiger partial charge in [-0.3, -0.25) is 9.78 Å². The second kappa shape index (κ2) is 3.88. The normalized spacial score (nSPS) is 11.4. The monoisotopic (exact) mass is 192 g/mol. The Morgan fingerprint density at radius 2 is 2.14 bits per heavy atom. The summed E-state index contributed by atoms with van der Waals surface area (Å²) in [6.45, 7) is 5.57. The largest absolute Gasteiger partial charge is 0.325 e. The van der Waals surface area contributed by atoms with Crippen molar-refractivity contribution in [1.29, 1.82) is 0 Å². The molecule has 0 saturated heterocycles. The van der Waals surface area contributed by atoms with Crippen LogP contribution in [0, 0.1) is 6.92 Å². The first-order chi connectivity index (χ1) is 6.38. The van der Waals surface area contributed by atoms with Gasteiger partial charge in [0.05, 0.1) is 0 Å². The van der Waals surface area contributed by atoms with E-state index in [1.54, 1.807) is 12.3 Å². The lowest BCUT2D eigenvalue weighted by atomic mass is 9.96. The number of aryl methyl sites for hydroxylation is 1. The van der Waals surface area contributed by atoms with Gasteiger partial charge in [-0.2, -0.15) is 0 Å². The molecule has 0 spiro atoms. The van der Waals surface area contributed by atoms with E-state index in [4.69, 9.17) is 5.73 Å². The van der Waals surface area contributed by atoms with Gasteiger partial charge in [0.1, 0.15) is 0 Å². The molecule has 2 N–H and O–H groups in total. The van der Waals surface area contributed by atoms with Crippen molar-refractivity contribution in [2.75, 3.05) is 0 Å². The van der Waals surface area contributed by atoms with Gasteiger partial charge >= 0.3 is 0 Å². The van der Waals surface area contributed by atoms with Crippen LogP contribution in [0.4, 0.5) is 0 Å². The van der Waals surface area contributed by atoms with Gasteiger partial charge in [-0.1, -0.05) is 0 Å². The molecule has 0 aliphatic heterocycles. The lowest BCUT2D eigenvalue weighted by Gasteiger charge is -2.16. The van der Waals surface area contributed by atoms with E-state index in [-0.39, 0.29) is 5.78 Å². The van der Waals surface area contributed by atoms with Crippen molar-refractivity contribution in [1.82, 2.24) is 4.98 Å². The van der Waals surface area contributed by atoms with E-state index in [0.29, 0.717) is 12.0 Å². The van der Waals surface area contributed by atoms with Gasteiger partial charge < -0.3 is 5.73 Å². The molecule has 0 atom stereocenters. The molecule has 0 aliphatic carbocycles. The number of nitrogens with two attached hydrogens (primary N) is 1. The quantitative estimate of drug-likeness (QED) is 0.741. The van der Waals surface area contributed by atoms with Crippen LogP contribution < -0.4 is 5.73 Å². The van der Waals surface area contributed by atoms with Crippen molar-refractivity contribution < 1.29 is 4.79 Å². The minimum atomic E-state index is -0.456. The molecule has 14 heavy (non-hydrogen) atoms.